The number of methoxy groups -OCH3 is 1. The third-order valence-corrected chi connectivity index (χ3v) is 2.14. The monoisotopic (exact) mass is 203 g/mol. The fraction of sp³-hybridized carbons (Fsp3) is 0.714. The van der Waals surface area contributed by atoms with Crippen LogP contribution in [0.1, 0.15) is 5.82 Å². The van der Waals surface area contributed by atoms with Crippen molar-refractivity contribution in [1.82, 2.24) is 9.36 Å². The molecule has 0 amide bonds. The second kappa shape index (κ2) is 5.11. The molecule has 1 atom stereocenters. The van der Waals surface area contributed by atoms with Crippen LogP contribution in [0, 0.1) is 6.92 Å². The van der Waals surface area contributed by atoms with Crippen LogP contribution in [0.2, 0.25) is 0 Å². The van der Waals surface area contributed by atoms with E-state index >= 15 is 0 Å². The van der Waals surface area contributed by atoms with Crippen LogP contribution in [-0.2, 0) is 4.74 Å². The Kier molecular flexibility index (Phi) is 4.07. The summed E-state index contributed by atoms with van der Waals surface area (Å²) in [5, 5.41) is 13.0. The highest BCUT2D eigenvalue weighted by atomic mass is 32.1. The van der Waals surface area contributed by atoms with Crippen molar-refractivity contribution in [1.29, 1.82) is 0 Å². The summed E-state index contributed by atoms with van der Waals surface area (Å²) in [6.45, 7) is 2.58. The molecule has 0 aliphatic rings. The molecule has 0 radical (unpaired) electrons. The number of hydrogen-bond acceptors (Lipinski definition) is 6. The van der Waals surface area contributed by atoms with E-state index in [0.29, 0.717) is 13.2 Å². The first-order chi connectivity index (χ1) is 6.22. The zero-order chi connectivity index (χ0) is 9.68. The molecule has 1 aromatic heterocycles. The molecule has 13 heavy (non-hydrogen) atoms. The van der Waals surface area contributed by atoms with Crippen molar-refractivity contribution in [2.45, 2.75) is 13.0 Å². The van der Waals surface area contributed by atoms with E-state index < -0.39 is 6.10 Å². The van der Waals surface area contributed by atoms with Crippen molar-refractivity contribution >= 4 is 16.7 Å². The molecule has 5 nitrogen and oxygen atoms in total. The molecule has 1 heterocycles. The fourth-order valence-corrected chi connectivity index (χ4v) is 1.41. The number of aryl methyl sites for hydroxylation is 1. The van der Waals surface area contributed by atoms with Gasteiger partial charge in [0.15, 0.2) is 0 Å². The minimum absolute atomic E-state index is 0.324. The molecule has 0 saturated carbocycles. The van der Waals surface area contributed by atoms with Crippen LogP contribution in [0.25, 0.3) is 0 Å². The smallest absolute Gasteiger partial charge is 0.202 e. The minimum Gasteiger partial charge on any atom is -0.389 e. The molecule has 1 rings (SSSR count). The topological polar surface area (TPSA) is 67.3 Å². The second-order valence-electron chi connectivity index (χ2n) is 2.64. The summed E-state index contributed by atoms with van der Waals surface area (Å²) >= 11 is 1.29. The average Bonchev–Trinajstić information content (AvgIpc) is 2.49. The van der Waals surface area contributed by atoms with Gasteiger partial charge < -0.3 is 15.2 Å². The van der Waals surface area contributed by atoms with E-state index in [1.165, 1.54) is 11.5 Å². The van der Waals surface area contributed by atoms with Crippen LogP contribution in [0.5, 0.6) is 0 Å². The molecule has 6 heteroatoms. The zero-order valence-corrected chi connectivity index (χ0v) is 8.47. The van der Waals surface area contributed by atoms with Crippen molar-refractivity contribution in [3.63, 3.8) is 0 Å². The highest BCUT2D eigenvalue weighted by Gasteiger charge is 2.04. The number of aliphatic hydroxyl groups is 1. The normalized spacial score (nSPS) is 12.8. The molecule has 0 fully saturated rings. The lowest BCUT2D eigenvalue weighted by atomic mass is 10.4. The van der Waals surface area contributed by atoms with Gasteiger partial charge in [-0.1, -0.05) is 0 Å². The Morgan fingerprint density at radius 1 is 1.69 bits per heavy atom. The lowest BCUT2D eigenvalue weighted by Gasteiger charge is -2.08. The SMILES string of the molecule is COCC(O)CNc1nc(C)ns1. The predicted molar refractivity (Wildman–Crippen MR) is 51.0 cm³/mol. The van der Waals surface area contributed by atoms with Gasteiger partial charge in [0.25, 0.3) is 0 Å². The Balaban J connectivity index is 2.26. The van der Waals surface area contributed by atoms with Crippen LogP contribution in [-0.4, -0.2) is 40.8 Å². The van der Waals surface area contributed by atoms with Gasteiger partial charge in [0.2, 0.25) is 5.13 Å². The molecule has 0 aromatic carbocycles. The Morgan fingerprint density at radius 3 is 3.00 bits per heavy atom. The standard InChI is InChI=1S/C7H13N3O2S/c1-5-9-7(13-10-5)8-3-6(11)4-12-2/h6,11H,3-4H2,1-2H3,(H,8,9,10). The van der Waals surface area contributed by atoms with Gasteiger partial charge in [-0.05, 0) is 6.92 Å². The van der Waals surface area contributed by atoms with E-state index in [-0.39, 0.29) is 0 Å². The summed E-state index contributed by atoms with van der Waals surface area (Å²) in [7, 11) is 1.55. The third kappa shape index (κ3) is 3.67. The van der Waals surface area contributed by atoms with Gasteiger partial charge in [0, 0.05) is 25.2 Å². The van der Waals surface area contributed by atoms with Crippen LogP contribution in [0.4, 0.5) is 5.13 Å². The molecule has 0 aliphatic heterocycles. The zero-order valence-electron chi connectivity index (χ0n) is 7.65. The van der Waals surface area contributed by atoms with Gasteiger partial charge in [0.1, 0.15) is 5.82 Å². The molecule has 1 aromatic rings. The van der Waals surface area contributed by atoms with Crippen LogP contribution in [0.15, 0.2) is 0 Å². The Labute approximate surface area is 80.9 Å². The van der Waals surface area contributed by atoms with E-state index in [0.717, 1.165) is 11.0 Å². The van der Waals surface area contributed by atoms with Gasteiger partial charge in [-0.25, -0.2) is 4.98 Å². The summed E-state index contributed by atoms with van der Waals surface area (Å²) in [5.41, 5.74) is 0. The van der Waals surface area contributed by atoms with E-state index in [2.05, 4.69) is 14.7 Å². The number of rotatable bonds is 5. The maximum absolute atomic E-state index is 9.29. The predicted octanol–water partition coefficient (Wildman–Crippen LogP) is 0.266. The Hall–Kier alpha value is -0.720. The van der Waals surface area contributed by atoms with Crippen LogP contribution >= 0.6 is 11.5 Å². The number of anilines is 1. The summed E-state index contributed by atoms with van der Waals surface area (Å²) in [5.74, 6) is 0.744. The maximum atomic E-state index is 9.29. The number of aromatic nitrogens is 2. The quantitative estimate of drug-likeness (QED) is 0.718. The minimum atomic E-state index is -0.505. The van der Waals surface area contributed by atoms with E-state index in [9.17, 15) is 5.11 Å². The lowest BCUT2D eigenvalue weighted by Crippen LogP contribution is -2.24. The van der Waals surface area contributed by atoms with Gasteiger partial charge in [-0.15, -0.1) is 0 Å². The highest BCUT2D eigenvalue weighted by molar-refractivity contribution is 7.09. The largest absolute Gasteiger partial charge is 0.389 e. The Bertz CT molecular complexity index is 254. The molecule has 0 aliphatic carbocycles. The molecular weight excluding hydrogens is 190 g/mol. The van der Waals surface area contributed by atoms with Gasteiger partial charge in [0.05, 0.1) is 12.7 Å². The van der Waals surface area contributed by atoms with Gasteiger partial charge >= 0.3 is 0 Å². The molecule has 0 spiro atoms. The molecule has 0 bridgehead atoms. The van der Waals surface area contributed by atoms with Crippen molar-refractivity contribution in [3.05, 3.63) is 5.82 Å². The van der Waals surface area contributed by atoms with Crippen LogP contribution in [0.3, 0.4) is 0 Å². The molecule has 0 saturated heterocycles. The van der Waals surface area contributed by atoms with Gasteiger partial charge in [-0.2, -0.15) is 4.37 Å². The summed E-state index contributed by atoms with van der Waals surface area (Å²) < 4.78 is 8.77. The molecular formula is C7H13N3O2S. The number of nitrogens with zero attached hydrogens (tertiary/aromatic N) is 2. The van der Waals surface area contributed by atoms with Crippen molar-refractivity contribution in [3.8, 4) is 0 Å². The van der Waals surface area contributed by atoms with Crippen molar-refractivity contribution < 1.29 is 9.84 Å². The first kappa shape index (κ1) is 10.4. The average molecular weight is 203 g/mol. The third-order valence-electron chi connectivity index (χ3n) is 1.38. The van der Waals surface area contributed by atoms with Gasteiger partial charge in [-0.3, -0.25) is 0 Å². The van der Waals surface area contributed by atoms with E-state index in [1.807, 2.05) is 6.92 Å². The summed E-state index contributed by atoms with van der Waals surface area (Å²) in [6, 6.07) is 0. The summed E-state index contributed by atoms with van der Waals surface area (Å²) in [6.07, 6.45) is -0.505. The first-order valence-electron chi connectivity index (χ1n) is 3.93. The number of hydrogen-bond donors (Lipinski definition) is 2. The van der Waals surface area contributed by atoms with Crippen molar-refractivity contribution in [2.24, 2.45) is 0 Å². The molecule has 1 unspecified atom stereocenters. The number of aliphatic hydroxyl groups excluding tert-OH is 1. The van der Waals surface area contributed by atoms with E-state index in [1.54, 1.807) is 7.11 Å². The first-order valence-corrected chi connectivity index (χ1v) is 4.71. The number of ether oxygens (including phenoxy) is 1. The molecule has 2 N–H and O–H groups in total. The molecule has 74 valence electrons. The van der Waals surface area contributed by atoms with Crippen LogP contribution < -0.4 is 5.32 Å². The fourth-order valence-electron chi connectivity index (χ4n) is 0.825. The highest BCUT2D eigenvalue weighted by Crippen LogP contribution is 2.09. The Morgan fingerprint density at radius 2 is 2.46 bits per heavy atom. The summed E-state index contributed by atoms with van der Waals surface area (Å²) in [4.78, 5) is 4.09. The maximum Gasteiger partial charge on any atom is 0.202 e. The van der Waals surface area contributed by atoms with E-state index in [4.69, 9.17) is 4.74 Å². The van der Waals surface area contributed by atoms with Crippen molar-refractivity contribution in [2.75, 3.05) is 25.6 Å². The lowest BCUT2D eigenvalue weighted by molar-refractivity contribution is 0.0727. The number of nitrogens with one attached hydrogen (secondary N) is 1. The second-order valence-corrected chi connectivity index (χ2v) is 3.39.